The van der Waals surface area contributed by atoms with Crippen LogP contribution in [0.3, 0.4) is 0 Å². The largest absolute Gasteiger partial charge is 0.363 e. The molecule has 9 heteroatoms. The first-order valence-electron chi connectivity index (χ1n) is 5.95. The molecule has 2 heterocycles. The van der Waals surface area contributed by atoms with Crippen molar-refractivity contribution in [2.45, 2.75) is 17.7 Å². The van der Waals surface area contributed by atoms with Crippen LogP contribution in [0.15, 0.2) is 23.2 Å². The number of nitrogens with zero attached hydrogens (tertiary/aromatic N) is 4. The number of hydrogen-bond acceptors (Lipinski definition) is 6. The molecule has 1 saturated heterocycles. The van der Waals surface area contributed by atoms with Gasteiger partial charge in [-0.25, -0.2) is 8.42 Å². The molecule has 20 heavy (non-hydrogen) atoms. The minimum atomic E-state index is -3.70. The fourth-order valence-corrected chi connectivity index (χ4v) is 3.42. The van der Waals surface area contributed by atoms with Crippen LogP contribution in [0.5, 0.6) is 0 Å². The van der Waals surface area contributed by atoms with E-state index in [0.29, 0.717) is 12.8 Å². The maximum absolute atomic E-state index is 12.3. The van der Waals surface area contributed by atoms with Gasteiger partial charge < -0.3 is 10.1 Å². The molecular formula is C11H12N4O4S. The zero-order chi connectivity index (χ0) is 14.8. The summed E-state index contributed by atoms with van der Waals surface area (Å²) < 4.78 is 25.9. The number of pyridine rings is 1. The molecule has 0 unspecified atom stereocenters. The molecule has 106 valence electrons. The van der Waals surface area contributed by atoms with Crippen LogP contribution in [0.4, 0.5) is 5.82 Å². The summed E-state index contributed by atoms with van der Waals surface area (Å²) in [5.41, 5.74) is 0. The van der Waals surface area contributed by atoms with Crippen molar-refractivity contribution < 1.29 is 13.3 Å². The van der Waals surface area contributed by atoms with Crippen LogP contribution in [0.2, 0.25) is 0 Å². The Hall–Kier alpha value is -2.05. The summed E-state index contributed by atoms with van der Waals surface area (Å²) in [7, 11) is -3.70. The van der Waals surface area contributed by atoms with E-state index in [9.17, 15) is 18.5 Å². The second-order valence-corrected chi connectivity index (χ2v) is 6.35. The molecule has 1 aromatic heterocycles. The van der Waals surface area contributed by atoms with Gasteiger partial charge in [0.25, 0.3) is 0 Å². The fourth-order valence-electron chi connectivity index (χ4n) is 2.01. The molecule has 0 bridgehead atoms. The van der Waals surface area contributed by atoms with E-state index in [4.69, 9.17) is 5.26 Å². The first kappa shape index (κ1) is 14.4. The van der Waals surface area contributed by atoms with Crippen molar-refractivity contribution in [2.75, 3.05) is 13.1 Å². The summed E-state index contributed by atoms with van der Waals surface area (Å²) in [6, 6.07) is 4.37. The highest BCUT2D eigenvalue weighted by atomic mass is 32.2. The Morgan fingerprint density at radius 3 is 2.50 bits per heavy atom. The molecule has 0 amide bonds. The number of nitro groups is 1. The zero-order valence-corrected chi connectivity index (χ0v) is 11.3. The molecule has 1 aromatic rings. The first-order chi connectivity index (χ1) is 9.45. The van der Waals surface area contributed by atoms with Gasteiger partial charge in [-0.05, 0) is 28.8 Å². The molecule has 1 fully saturated rings. The Kier molecular flexibility index (Phi) is 3.96. The summed E-state index contributed by atoms with van der Waals surface area (Å²) >= 11 is 0. The zero-order valence-electron chi connectivity index (χ0n) is 10.5. The Labute approximate surface area is 115 Å². The predicted molar refractivity (Wildman–Crippen MR) is 68.0 cm³/mol. The molecule has 0 aliphatic carbocycles. The molecule has 2 rings (SSSR count). The van der Waals surface area contributed by atoms with Crippen molar-refractivity contribution in [3.63, 3.8) is 0 Å². The third-order valence-electron chi connectivity index (χ3n) is 3.18. The number of piperidine rings is 1. The minimum absolute atomic E-state index is 0.0708. The van der Waals surface area contributed by atoms with E-state index < -0.39 is 20.8 Å². The Morgan fingerprint density at radius 1 is 1.40 bits per heavy atom. The second-order valence-electron chi connectivity index (χ2n) is 4.42. The molecule has 0 saturated carbocycles. The van der Waals surface area contributed by atoms with Gasteiger partial charge in [0.05, 0.1) is 6.07 Å². The monoisotopic (exact) mass is 296 g/mol. The summed E-state index contributed by atoms with van der Waals surface area (Å²) in [6.07, 6.45) is 1.98. The van der Waals surface area contributed by atoms with Crippen molar-refractivity contribution in [1.82, 2.24) is 9.29 Å². The van der Waals surface area contributed by atoms with Gasteiger partial charge >= 0.3 is 5.82 Å². The smallest absolute Gasteiger partial charge is 0.358 e. The minimum Gasteiger partial charge on any atom is -0.358 e. The van der Waals surface area contributed by atoms with Gasteiger partial charge in [-0.1, -0.05) is 0 Å². The lowest BCUT2D eigenvalue weighted by Gasteiger charge is -2.27. The van der Waals surface area contributed by atoms with Crippen molar-refractivity contribution in [3.8, 4) is 6.07 Å². The van der Waals surface area contributed by atoms with Crippen LogP contribution >= 0.6 is 0 Å². The second kappa shape index (κ2) is 5.52. The molecule has 1 aliphatic heterocycles. The molecule has 8 nitrogen and oxygen atoms in total. The summed E-state index contributed by atoms with van der Waals surface area (Å²) in [5, 5.41) is 19.3. The molecule has 0 aromatic carbocycles. The van der Waals surface area contributed by atoms with E-state index >= 15 is 0 Å². The Balaban J connectivity index is 2.19. The van der Waals surface area contributed by atoms with Crippen molar-refractivity contribution >= 4 is 15.8 Å². The highest BCUT2D eigenvalue weighted by molar-refractivity contribution is 7.89. The molecule has 0 atom stereocenters. The standard InChI is InChI=1S/C11H12N4O4S/c12-7-9-3-5-14(6-4-9)20(18,19)10-1-2-11(13-8-10)15(16)17/h1-2,8-9H,3-6H2. The summed E-state index contributed by atoms with van der Waals surface area (Å²) in [4.78, 5) is 13.2. The number of rotatable bonds is 3. The lowest BCUT2D eigenvalue weighted by atomic mass is 10.0. The van der Waals surface area contributed by atoms with Gasteiger partial charge in [0.2, 0.25) is 10.0 Å². The summed E-state index contributed by atoms with van der Waals surface area (Å²) in [6.45, 7) is 0.551. The van der Waals surface area contributed by atoms with Crippen LogP contribution in [0, 0.1) is 27.4 Å². The quantitative estimate of drug-likeness (QED) is 0.604. The molecule has 0 N–H and O–H groups in total. The SMILES string of the molecule is N#CC1CCN(S(=O)(=O)c2ccc([N+](=O)[O-])nc2)CC1. The highest BCUT2D eigenvalue weighted by Gasteiger charge is 2.30. The van der Waals surface area contributed by atoms with E-state index in [1.165, 1.54) is 10.4 Å². The van der Waals surface area contributed by atoms with Gasteiger partial charge in [0.15, 0.2) is 6.20 Å². The van der Waals surface area contributed by atoms with Crippen molar-refractivity contribution in [3.05, 3.63) is 28.4 Å². The molecule has 0 spiro atoms. The van der Waals surface area contributed by atoms with Gasteiger partial charge in [-0.15, -0.1) is 0 Å². The van der Waals surface area contributed by atoms with E-state index in [2.05, 4.69) is 11.1 Å². The van der Waals surface area contributed by atoms with E-state index in [1.807, 2.05) is 0 Å². The van der Waals surface area contributed by atoms with Gasteiger partial charge in [0, 0.05) is 25.1 Å². The average Bonchev–Trinajstić information content (AvgIpc) is 2.47. The lowest BCUT2D eigenvalue weighted by Crippen LogP contribution is -2.38. The molecule has 1 aliphatic rings. The van der Waals surface area contributed by atoms with Crippen LogP contribution in [0.1, 0.15) is 12.8 Å². The Bertz CT molecular complexity index is 642. The highest BCUT2D eigenvalue weighted by Crippen LogP contribution is 2.23. The number of sulfonamides is 1. The summed E-state index contributed by atoms with van der Waals surface area (Å²) in [5.74, 6) is -0.511. The first-order valence-corrected chi connectivity index (χ1v) is 7.39. The number of hydrogen-bond donors (Lipinski definition) is 0. The van der Waals surface area contributed by atoms with Crippen LogP contribution in [-0.2, 0) is 10.0 Å². The third kappa shape index (κ3) is 2.76. The normalized spacial score (nSPS) is 17.6. The maximum atomic E-state index is 12.3. The van der Waals surface area contributed by atoms with Crippen LogP contribution in [-0.4, -0.2) is 35.7 Å². The number of aromatic nitrogens is 1. The van der Waals surface area contributed by atoms with Crippen molar-refractivity contribution in [1.29, 1.82) is 5.26 Å². The molecular weight excluding hydrogens is 284 g/mol. The van der Waals surface area contributed by atoms with Gasteiger partial charge in [0.1, 0.15) is 4.90 Å². The van der Waals surface area contributed by atoms with E-state index in [1.54, 1.807) is 0 Å². The lowest BCUT2D eigenvalue weighted by molar-refractivity contribution is -0.389. The fraction of sp³-hybridized carbons (Fsp3) is 0.455. The van der Waals surface area contributed by atoms with E-state index in [-0.39, 0.29) is 23.9 Å². The van der Waals surface area contributed by atoms with Crippen molar-refractivity contribution in [2.24, 2.45) is 5.92 Å². The van der Waals surface area contributed by atoms with E-state index in [0.717, 1.165) is 12.3 Å². The maximum Gasteiger partial charge on any atom is 0.363 e. The van der Waals surface area contributed by atoms with Crippen LogP contribution in [0.25, 0.3) is 0 Å². The van der Waals surface area contributed by atoms with Gasteiger partial charge in [-0.2, -0.15) is 9.57 Å². The Morgan fingerprint density at radius 2 is 2.05 bits per heavy atom. The third-order valence-corrected chi connectivity index (χ3v) is 5.06. The topological polar surface area (TPSA) is 117 Å². The average molecular weight is 296 g/mol. The molecule has 0 radical (unpaired) electrons. The van der Waals surface area contributed by atoms with Gasteiger partial charge in [-0.3, -0.25) is 0 Å². The number of nitriles is 1. The predicted octanol–water partition coefficient (Wildman–Crippen LogP) is 0.914. The van der Waals surface area contributed by atoms with Crippen LogP contribution < -0.4 is 0 Å².